The van der Waals surface area contributed by atoms with Gasteiger partial charge in [0.15, 0.2) is 0 Å². The molecule has 5 nitrogen and oxygen atoms in total. The summed E-state index contributed by atoms with van der Waals surface area (Å²) < 4.78 is 10.0. The van der Waals surface area contributed by atoms with Crippen LogP contribution in [-0.2, 0) is 19.1 Å². The third-order valence-corrected chi connectivity index (χ3v) is 3.07. The second-order valence-electron chi connectivity index (χ2n) is 5.20. The SMILES string of the molecule is CC1(C)OC(=O)C(=CC=CN2CCCCC2)C(=O)O1. The Labute approximate surface area is 112 Å². The average molecular weight is 265 g/mol. The number of ether oxygens (including phenoxy) is 2. The van der Waals surface area contributed by atoms with Crippen LogP contribution in [0.1, 0.15) is 33.1 Å². The highest BCUT2D eigenvalue weighted by Crippen LogP contribution is 2.22. The van der Waals surface area contributed by atoms with E-state index in [1.807, 2.05) is 6.20 Å². The molecule has 19 heavy (non-hydrogen) atoms. The zero-order chi connectivity index (χ0) is 13.9. The van der Waals surface area contributed by atoms with E-state index in [-0.39, 0.29) is 5.57 Å². The second kappa shape index (κ2) is 5.47. The Morgan fingerprint density at radius 3 is 2.21 bits per heavy atom. The maximum Gasteiger partial charge on any atom is 0.348 e. The molecule has 2 aliphatic heterocycles. The van der Waals surface area contributed by atoms with E-state index in [1.54, 1.807) is 6.08 Å². The topological polar surface area (TPSA) is 55.8 Å². The van der Waals surface area contributed by atoms with Crippen LogP contribution in [0.5, 0.6) is 0 Å². The lowest BCUT2D eigenvalue weighted by atomic mass is 10.1. The highest BCUT2D eigenvalue weighted by molar-refractivity contribution is 6.15. The lowest BCUT2D eigenvalue weighted by Crippen LogP contribution is -2.41. The molecule has 0 saturated carbocycles. The molecule has 2 aliphatic rings. The standard InChI is InChI=1S/C14H19NO4/c1-14(2)18-12(16)11(13(17)19-14)7-6-10-15-8-4-3-5-9-15/h6-7,10H,3-5,8-9H2,1-2H3. The van der Waals surface area contributed by atoms with Crippen molar-refractivity contribution in [1.82, 2.24) is 4.90 Å². The number of hydrogen-bond donors (Lipinski definition) is 0. The van der Waals surface area contributed by atoms with Crippen molar-refractivity contribution in [2.75, 3.05) is 13.1 Å². The number of carbonyl (C=O) groups excluding carboxylic acids is 2. The van der Waals surface area contributed by atoms with Crippen molar-refractivity contribution in [3.8, 4) is 0 Å². The molecule has 2 rings (SSSR count). The molecule has 104 valence electrons. The maximum atomic E-state index is 11.7. The van der Waals surface area contributed by atoms with Crippen LogP contribution in [-0.4, -0.2) is 35.7 Å². The molecule has 0 aliphatic carbocycles. The van der Waals surface area contributed by atoms with Gasteiger partial charge in [0.05, 0.1) is 0 Å². The first-order valence-electron chi connectivity index (χ1n) is 6.57. The Morgan fingerprint density at radius 1 is 1.05 bits per heavy atom. The summed E-state index contributed by atoms with van der Waals surface area (Å²) >= 11 is 0. The van der Waals surface area contributed by atoms with Crippen LogP contribution in [0, 0.1) is 0 Å². The van der Waals surface area contributed by atoms with Gasteiger partial charge in [-0.3, -0.25) is 0 Å². The van der Waals surface area contributed by atoms with Crippen LogP contribution in [0.3, 0.4) is 0 Å². The van der Waals surface area contributed by atoms with Crippen LogP contribution in [0.25, 0.3) is 0 Å². The summed E-state index contributed by atoms with van der Waals surface area (Å²) in [4.78, 5) is 25.5. The third-order valence-electron chi connectivity index (χ3n) is 3.07. The molecule has 5 heteroatoms. The molecule has 0 amide bonds. The fourth-order valence-corrected chi connectivity index (χ4v) is 2.13. The third kappa shape index (κ3) is 3.59. The van der Waals surface area contributed by atoms with E-state index in [0.717, 1.165) is 13.1 Å². The van der Waals surface area contributed by atoms with Gasteiger partial charge in [-0.25, -0.2) is 9.59 Å². The summed E-state index contributed by atoms with van der Waals surface area (Å²) in [6, 6.07) is 0. The van der Waals surface area contributed by atoms with E-state index in [0.29, 0.717) is 0 Å². The first kappa shape index (κ1) is 13.6. The number of allylic oxidation sites excluding steroid dienone is 2. The summed E-state index contributed by atoms with van der Waals surface area (Å²) in [6.07, 6.45) is 8.67. The quantitative estimate of drug-likeness (QED) is 0.432. The van der Waals surface area contributed by atoms with Gasteiger partial charge in [0, 0.05) is 26.9 Å². The van der Waals surface area contributed by atoms with Crippen molar-refractivity contribution >= 4 is 11.9 Å². The molecule has 0 atom stereocenters. The van der Waals surface area contributed by atoms with Gasteiger partial charge >= 0.3 is 11.9 Å². The van der Waals surface area contributed by atoms with Crippen molar-refractivity contribution in [2.45, 2.75) is 38.9 Å². The molecule has 0 spiro atoms. The van der Waals surface area contributed by atoms with Crippen LogP contribution in [0.15, 0.2) is 23.9 Å². The Kier molecular flexibility index (Phi) is 3.93. The molecule has 2 fully saturated rings. The van der Waals surface area contributed by atoms with Gasteiger partial charge in [-0.15, -0.1) is 0 Å². The molecule has 2 saturated heterocycles. The summed E-state index contributed by atoms with van der Waals surface area (Å²) in [6.45, 7) is 5.09. The molecule has 0 radical (unpaired) electrons. The Balaban J connectivity index is 2.00. The van der Waals surface area contributed by atoms with Gasteiger partial charge in [-0.05, 0) is 37.6 Å². The second-order valence-corrected chi connectivity index (χ2v) is 5.20. The molecule has 0 aromatic rings. The Morgan fingerprint density at radius 2 is 1.63 bits per heavy atom. The Hall–Kier alpha value is -1.78. The molecular weight excluding hydrogens is 246 g/mol. The van der Waals surface area contributed by atoms with E-state index >= 15 is 0 Å². The fraction of sp³-hybridized carbons (Fsp3) is 0.571. The number of likely N-dealkylation sites (tertiary alicyclic amines) is 1. The van der Waals surface area contributed by atoms with Crippen molar-refractivity contribution in [3.05, 3.63) is 23.9 Å². The summed E-state index contributed by atoms with van der Waals surface area (Å²) in [5.74, 6) is -2.45. The number of carbonyl (C=O) groups is 2. The van der Waals surface area contributed by atoms with Gasteiger partial charge in [0.25, 0.3) is 5.79 Å². The fourth-order valence-electron chi connectivity index (χ4n) is 2.13. The van der Waals surface area contributed by atoms with E-state index in [1.165, 1.54) is 39.2 Å². The van der Waals surface area contributed by atoms with Crippen LogP contribution >= 0.6 is 0 Å². The minimum absolute atomic E-state index is 0.0624. The average Bonchev–Trinajstić information content (AvgIpc) is 2.32. The maximum absolute atomic E-state index is 11.7. The molecule has 0 unspecified atom stereocenters. The lowest BCUT2D eigenvalue weighted by molar-refractivity contribution is -0.222. The predicted molar refractivity (Wildman–Crippen MR) is 68.9 cm³/mol. The van der Waals surface area contributed by atoms with E-state index in [2.05, 4.69) is 4.90 Å². The lowest BCUT2D eigenvalue weighted by Gasteiger charge is -2.29. The highest BCUT2D eigenvalue weighted by atomic mass is 16.7. The molecule has 0 aromatic heterocycles. The zero-order valence-electron chi connectivity index (χ0n) is 11.3. The number of hydrogen-bond acceptors (Lipinski definition) is 5. The largest absolute Gasteiger partial charge is 0.419 e. The Bertz CT molecular complexity index is 409. The summed E-state index contributed by atoms with van der Waals surface area (Å²) in [5.41, 5.74) is -0.0624. The number of rotatable bonds is 2. The highest BCUT2D eigenvalue weighted by Gasteiger charge is 2.38. The smallest absolute Gasteiger partial charge is 0.348 e. The molecular formula is C14H19NO4. The van der Waals surface area contributed by atoms with E-state index in [4.69, 9.17) is 9.47 Å². The normalized spacial score (nSPS) is 23.3. The van der Waals surface area contributed by atoms with Gasteiger partial charge in [0.1, 0.15) is 5.57 Å². The number of nitrogens with zero attached hydrogens (tertiary/aromatic N) is 1. The van der Waals surface area contributed by atoms with Crippen molar-refractivity contribution < 1.29 is 19.1 Å². The molecule has 0 aromatic carbocycles. The van der Waals surface area contributed by atoms with Crippen molar-refractivity contribution in [1.29, 1.82) is 0 Å². The number of cyclic esters (lactones) is 2. The summed E-state index contributed by atoms with van der Waals surface area (Å²) in [7, 11) is 0. The van der Waals surface area contributed by atoms with Gasteiger partial charge in [-0.1, -0.05) is 0 Å². The minimum Gasteiger partial charge on any atom is -0.419 e. The van der Waals surface area contributed by atoms with E-state index < -0.39 is 17.7 Å². The molecule has 0 bridgehead atoms. The van der Waals surface area contributed by atoms with Crippen molar-refractivity contribution in [2.24, 2.45) is 0 Å². The number of esters is 2. The monoisotopic (exact) mass is 265 g/mol. The van der Waals surface area contributed by atoms with Gasteiger partial charge in [0.2, 0.25) is 0 Å². The van der Waals surface area contributed by atoms with Gasteiger partial charge < -0.3 is 14.4 Å². The molecule has 2 heterocycles. The van der Waals surface area contributed by atoms with Crippen LogP contribution < -0.4 is 0 Å². The first-order valence-corrected chi connectivity index (χ1v) is 6.57. The van der Waals surface area contributed by atoms with Crippen LogP contribution in [0.4, 0.5) is 0 Å². The molecule has 0 N–H and O–H groups in total. The predicted octanol–water partition coefficient (Wildman–Crippen LogP) is 1.75. The first-order chi connectivity index (χ1) is 8.98. The van der Waals surface area contributed by atoms with Crippen molar-refractivity contribution in [3.63, 3.8) is 0 Å². The zero-order valence-corrected chi connectivity index (χ0v) is 11.3. The summed E-state index contributed by atoms with van der Waals surface area (Å²) in [5, 5.41) is 0. The number of piperidine rings is 1. The van der Waals surface area contributed by atoms with Gasteiger partial charge in [-0.2, -0.15) is 0 Å². The van der Waals surface area contributed by atoms with E-state index in [9.17, 15) is 9.59 Å². The van der Waals surface area contributed by atoms with Crippen LogP contribution in [0.2, 0.25) is 0 Å². The minimum atomic E-state index is -1.18.